The van der Waals surface area contributed by atoms with Crippen molar-refractivity contribution in [2.75, 3.05) is 11.1 Å². The highest BCUT2D eigenvalue weighted by molar-refractivity contribution is 6.35. The second-order valence-corrected chi connectivity index (χ2v) is 5.97. The Balaban J connectivity index is 1.71. The van der Waals surface area contributed by atoms with Gasteiger partial charge in [0.25, 0.3) is 0 Å². The molecule has 9 heteroatoms. The van der Waals surface area contributed by atoms with Crippen LogP contribution in [0.1, 0.15) is 16.2 Å². The van der Waals surface area contributed by atoms with Crippen LogP contribution >= 0.6 is 23.2 Å². The number of carbonyl (C=O) groups excluding carboxylic acids is 1. The molecule has 0 saturated carbocycles. The topological polar surface area (TPSA) is 103 Å². The van der Waals surface area contributed by atoms with E-state index in [4.69, 9.17) is 33.7 Å². The minimum Gasteiger partial charge on any atom is -0.454 e. The molecule has 0 aliphatic rings. The molecule has 0 aliphatic carbocycles. The molecule has 0 saturated heterocycles. The van der Waals surface area contributed by atoms with Gasteiger partial charge in [0.05, 0.1) is 10.6 Å². The molecule has 0 fully saturated rings. The number of nitrogens with two attached hydrogens (primary N) is 1. The lowest BCUT2D eigenvalue weighted by Crippen LogP contribution is -2.11. The molecule has 1 heterocycles. The molecular weight excluding hydrogens is 377 g/mol. The summed E-state index contributed by atoms with van der Waals surface area (Å²) in [6, 6.07) is 13.8. The molecule has 132 valence electrons. The van der Waals surface area contributed by atoms with E-state index in [-0.39, 0.29) is 34.9 Å². The Kier molecular flexibility index (Phi) is 5.50. The second-order valence-electron chi connectivity index (χ2n) is 5.12. The first kappa shape index (κ1) is 17.9. The lowest BCUT2D eigenvalue weighted by atomic mass is 10.2. The van der Waals surface area contributed by atoms with Gasteiger partial charge in [-0.2, -0.15) is 15.0 Å². The van der Waals surface area contributed by atoms with Gasteiger partial charge in [-0.05, 0) is 30.3 Å². The first-order chi connectivity index (χ1) is 12.5. The van der Waals surface area contributed by atoms with Crippen molar-refractivity contribution in [2.24, 2.45) is 0 Å². The van der Waals surface area contributed by atoms with Crippen molar-refractivity contribution < 1.29 is 9.53 Å². The molecule has 3 aromatic rings. The molecule has 7 nitrogen and oxygen atoms in total. The highest BCUT2D eigenvalue weighted by Gasteiger charge is 2.14. The standard InChI is InChI=1S/C17H13Cl2N5O2/c18-10-6-7-13(19)12(8-10)15(25)26-9-14-22-16(20)24-17(23-14)21-11-4-2-1-3-5-11/h1-8H,9H2,(H3,20,21,22,23,24). The fraction of sp³-hybridized carbons (Fsp3) is 0.0588. The van der Waals surface area contributed by atoms with Crippen LogP contribution in [0, 0.1) is 0 Å². The van der Waals surface area contributed by atoms with Gasteiger partial charge in [-0.3, -0.25) is 0 Å². The Hall–Kier alpha value is -2.90. The average molecular weight is 390 g/mol. The largest absolute Gasteiger partial charge is 0.454 e. The van der Waals surface area contributed by atoms with Gasteiger partial charge >= 0.3 is 5.97 Å². The molecule has 0 spiro atoms. The number of nitrogen functional groups attached to an aromatic ring is 1. The van der Waals surface area contributed by atoms with Gasteiger partial charge < -0.3 is 15.8 Å². The number of hydrogen-bond acceptors (Lipinski definition) is 7. The molecule has 0 bridgehead atoms. The van der Waals surface area contributed by atoms with E-state index in [1.807, 2.05) is 30.3 Å². The molecule has 0 radical (unpaired) electrons. The first-order valence-corrected chi connectivity index (χ1v) is 8.21. The molecule has 3 N–H and O–H groups in total. The quantitative estimate of drug-likeness (QED) is 0.638. The maximum atomic E-state index is 12.2. The van der Waals surface area contributed by atoms with Crippen molar-refractivity contribution in [3.05, 3.63) is 70.0 Å². The van der Waals surface area contributed by atoms with Crippen LogP contribution in [0.15, 0.2) is 48.5 Å². The Labute approximate surface area is 159 Å². The second kappa shape index (κ2) is 7.99. The molecule has 0 aliphatic heterocycles. The molecule has 0 amide bonds. The van der Waals surface area contributed by atoms with Crippen molar-refractivity contribution in [2.45, 2.75) is 6.61 Å². The van der Waals surface area contributed by atoms with Crippen molar-refractivity contribution in [1.82, 2.24) is 15.0 Å². The van der Waals surface area contributed by atoms with E-state index in [0.29, 0.717) is 5.02 Å². The summed E-state index contributed by atoms with van der Waals surface area (Å²) in [5.41, 5.74) is 6.63. The molecular formula is C17H13Cl2N5O2. The van der Waals surface area contributed by atoms with Crippen LogP contribution in [0.2, 0.25) is 10.0 Å². The average Bonchev–Trinajstić information content (AvgIpc) is 2.62. The number of nitrogens with one attached hydrogen (secondary N) is 1. The van der Waals surface area contributed by atoms with Crippen molar-refractivity contribution in [3.8, 4) is 0 Å². The summed E-state index contributed by atoms with van der Waals surface area (Å²) in [6.07, 6.45) is 0. The number of nitrogens with zero attached hydrogens (tertiary/aromatic N) is 3. The predicted octanol–water partition coefficient (Wildman–Crippen LogP) is 3.86. The van der Waals surface area contributed by atoms with Crippen LogP contribution in [0.3, 0.4) is 0 Å². The van der Waals surface area contributed by atoms with Gasteiger partial charge in [0.1, 0.15) is 0 Å². The summed E-state index contributed by atoms with van der Waals surface area (Å²) in [7, 11) is 0. The van der Waals surface area contributed by atoms with Crippen LogP contribution in [-0.2, 0) is 11.3 Å². The molecule has 3 rings (SSSR count). The SMILES string of the molecule is Nc1nc(COC(=O)c2cc(Cl)ccc2Cl)nc(Nc2ccccc2)n1. The zero-order valence-electron chi connectivity index (χ0n) is 13.3. The highest BCUT2D eigenvalue weighted by Crippen LogP contribution is 2.22. The lowest BCUT2D eigenvalue weighted by molar-refractivity contribution is 0.0462. The molecule has 0 atom stereocenters. The summed E-state index contributed by atoms with van der Waals surface area (Å²) < 4.78 is 5.19. The summed E-state index contributed by atoms with van der Waals surface area (Å²) in [5, 5.41) is 3.61. The van der Waals surface area contributed by atoms with E-state index in [0.717, 1.165) is 5.69 Å². The van der Waals surface area contributed by atoms with E-state index in [1.165, 1.54) is 12.1 Å². The number of hydrogen-bond donors (Lipinski definition) is 2. The molecule has 0 unspecified atom stereocenters. The van der Waals surface area contributed by atoms with E-state index in [1.54, 1.807) is 6.07 Å². The zero-order valence-corrected chi connectivity index (χ0v) is 14.8. The van der Waals surface area contributed by atoms with Gasteiger partial charge in [0.2, 0.25) is 11.9 Å². The number of esters is 1. The molecule has 1 aromatic heterocycles. The van der Waals surface area contributed by atoms with E-state index >= 15 is 0 Å². The first-order valence-electron chi connectivity index (χ1n) is 7.46. The third kappa shape index (κ3) is 4.59. The summed E-state index contributed by atoms with van der Waals surface area (Å²) >= 11 is 11.9. The van der Waals surface area contributed by atoms with Crippen molar-refractivity contribution >= 4 is 46.8 Å². The minimum absolute atomic E-state index is 0.00488. The van der Waals surface area contributed by atoms with Crippen LogP contribution in [0.25, 0.3) is 0 Å². The number of carbonyl (C=O) groups is 1. The summed E-state index contributed by atoms with van der Waals surface area (Å²) in [6.45, 7) is -0.197. The number of rotatable bonds is 5. The van der Waals surface area contributed by atoms with Gasteiger partial charge in [-0.25, -0.2) is 4.79 Å². The third-order valence-electron chi connectivity index (χ3n) is 3.21. The number of para-hydroxylation sites is 1. The fourth-order valence-corrected chi connectivity index (χ4v) is 2.44. The van der Waals surface area contributed by atoms with Crippen LogP contribution < -0.4 is 11.1 Å². The Morgan fingerprint density at radius 1 is 1.08 bits per heavy atom. The monoisotopic (exact) mass is 389 g/mol. The number of anilines is 3. The summed E-state index contributed by atoms with van der Waals surface area (Å²) in [5.74, 6) is -0.197. The maximum absolute atomic E-state index is 12.2. The van der Waals surface area contributed by atoms with Crippen molar-refractivity contribution in [3.63, 3.8) is 0 Å². The maximum Gasteiger partial charge on any atom is 0.340 e. The number of benzene rings is 2. The van der Waals surface area contributed by atoms with Gasteiger partial charge in [-0.1, -0.05) is 41.4 Å². The number of halogens is 2. The molecule has 2 aromatic carbocycles. The van der Waals surface area contributed by atoms with Crippen molar-refractivity contribution in [1.29, 1.82) is 0 Å². The normalized spacial score (nSPS) is 10.4. The van der Waals surface area contributed by atoms with E-state index in [2.05, 4.69) is 20.3 Å². The Morgan fingerprint density at radius 2 is 1.85 bits per heavy atom. The smallest absolute Gasteiger partial charge is 0.340 e. The van der Waals surface area contributed by atoms with Crippen LogP contribution in [0.4, 0.5) is 17.6 Å². The summed E-state index contributed by atoms with van der Waals surface area (Å²) in [4.78, 5) is 24.3. The zero-order chi connectivity index (χ0) is 18.5. The number of aromatic nitrogens is 3. The third-order valence-corrected chi connectivity index (χ3v) is 3.77. The number of ether oxygens (including phenoxy) is 1. The van der Waals surface area contributed by atoms with E-state index in [9.17, 15) is 4.79 Å². The van der Waals surface area contributed by atoms with E-state index < -0.39 is 5.97 Å². The fourth-order valence-electron chi connectivity index (χ4n) is 2.07. The van der Waals surface area contributed by atoms with Crippen LogP contribution in [0.5, 0.6) is 0 Å². The van der Waals surface area contributed by atoms with Crippen LogP contribution in [-0.4, -0.2) is 20.9 Å². The van der Waals surface area contributed by atoms with Gasteiger partial charge in [0, 0.05) is 10.7 Å². The molecule has 26 heavy (non-hydrogen) atoms. The minimum atomic E-state index is -0.644. The Bertz CT molecular complexity index is 938. The van der Waals surface area contributed by atoms with Gasteiger partial charge in [-0.15, -0.1) is 0 Å². The highest BCUT2D eigenvalue weighted by atomic mass is 35.5. The predicted molar refractivity (Wildman–Crippen MR) is 99.5 cm³/mol. The van der Waals surface area contributed by atoms with Gasteiger partial charge in [0.15, 0.2) is 12.4 Å². The Morgan fingerprint density at radius 3 is 2.62 bits per heavy atom. The lowest BCUT2D eigenvalue weighted by Gasteiger charge is -2.08.